The lowest BCUT2D eigenvalue weighted by atomic mass is 10.1. The van der Waals surface area contributed by atoms with Crippen molar-refractivity contribution < 1.29 is 19.1 Å². The fourth-order valence-corrected chi connectivity index (χ4v) is 4.79. The van der Waals surface area contributed by atoms with Crippen LogP contribution in [0.2, 0.25) is 0 Å². The van der Waals surface area contributed by atoms with Gasteiger partial charge < -0.3 is 19.7 Å². The summed E-state index contributed by atoms with van der Waals surface area (Å²) < 4.78 is 11.7. The van der Waals surface area contributed by atoms with Crippen LogP contribution in [-0.2, 0) is 16.0 Å². The Kier molecular flexibility index (Phi) is 8.22. The van der Waals surface area contributed by atoms with Crippen molar-refractivity contribution in [2.75, 3.05) is 31.0 Å². The van der Waals surface area contributed by atoms with Gasteiger partial charge in [0.25, 0.3) is 5.91 Å². The van der Waals surface area contributed by atoms with Crippen molar-refractivity contribution in [3.63, 3.8) is 0 Å². The third kappa shape index (κ3) is 5.68. The summed E-state index contributed by atoms with van der Waals surface area (Å²) in [7, 11) is 3.18. The van der Waals surface area contributed by atoms with E-state index in [1.165, 1.54) is 4.90 Å². The van der Waals surface area contributed by atoms with Gasteiger partial charge in [0.1, 0.15) is 6.04 Å². The number of nitrogens with zero attached hydrogens (tertiary/aromatic N) is 2. The summed E-state index contributed by atoms with van der Waals surface area (Å²) in [6.07, 6.45) is 0.575. The number of nitrogens with one attached hydrogen (secondary N) is 1. The molecule has 9 heteroatoms. The van der Waals surface area contributed by atoms with Crippen molar-refractivity contribution in [1.82, 2.24) is 4.90 Å². The topological polar surface area (TPSA) is 71.1 Å². The Hall–Kier alpha value is -3.43. The Balaban J connectivity index is 1.55. The van der Waals surface area contributed by atoms with Crippen LogP contribution in [0.15, 0.2) is 77.3 Å². The second kappa shape index (κ2) is 11.5. The van der Waals surface area contributed by atoms with E-state index in [9.17, 15) is 9.59 Å². The van der Waals surface area contributed by atoms with Crippen molar-refractivity contribution in [3.05, 3.63) is 82.8 Å². The Morgan fingerprint density at radius 2 is 1.69 bits per heavy atom. The molecule has 0 spiro atoms. The largest absolute Gasteiger partial charge is 0.493 e. The van der Waals surface area contributed by atoms with Gasteiger partial charge in [-0.2, -0.15) is 0 Å². The van der Waals surface area contributed by atoms with Crippen LogP contribution in [0, 0.1) is 0 Å². The molecule has 0 bridgehead atoms. The highest BCUT2D eigenvalue weighted by Crippen LogP contribution is 2.30. The van der Waals surface area contributed by atoms with Crippen LogP contribution < -0.4 is 19.7 Å². The second-order valence-electron chi connectivity index (χ2n) is 8.20. The van der Waals surface area contributed by atoms with Crippen LogP contribution >= 0.6 is 28.1 Å². The maximum absolute atomic E-state index is 13.5. The Bertz CT molecular complexity index is 1250. The first-order valence-corrected chi connectivity index (χ1v) is 12.6. The summed E-state index contributed by atoms with van der Waals surface area (Å²) in [5, 5.41) is 3.26. The molecule has 1 atom stereocenters. The summed E-state index contributed by atoms with van der Waals surface area (Å²) in [6, 6.07) is 21.5. The number of anilines is 2. The minimum atomic E-state index is -0.715. The maximum atomic E-state index is 13.5. The smallest absolute Gasteiger partial charge is 0.256 e. The lowest BCUT2D eigenvalue weighted by molar-refractivity contribution is -0.124. The van der Waals surface area contributed by atoms with E-state index in [0.29, 0.717) is 41.0 Å². The van der Waals surface area contributed by atoms with E-state index in [4.69, 9.17) is 21.7 Å². The van der Waals surface area contributed by atoms with E-state index in [0.717, 1.165) is 10.0 Å². The number of hydrogen-bond acceptors (Lipinski definition) is 5. The van der Waals surface area contributed by atoms with E-state index in [2.05, 4.69) is 21.2 Å². The molecule has 1 unspecified atom stereocenters. The van der Waals surface area contributed by atoms with Crippen molar-refractivity contribution in [1.29, 1.82) is 0 Å². The van der Waals surface area contributed by atoms with Gasteiger partial charge in [0.05, 0.1) is 26.3 Å². The predicted molar refractivity (Wildman–Crippen MR) is 148 cm³/mol. The van der Waals surface area contributed by atoms with Crippen LogP contribution in [0.25, 0.3) is 0 Å². The van der Waals surface area contributed by atoms with Gasteiger partial charge in [-0.15, -0.1) is 0 Å². The van der Waals surface area contributed by atoms with E-state index in [-0.39, 0.29) is 18.2 Å². The van der Waals surface area contributed by atoms with E-state index in [1.807, 2.05) is 65.6 Å². The molecular formula is C27H26BrN3O4S. The molecular weight excluding hydrogens is 542 g/mol. The number of para-hydroxylation sites is 1. The van der Waals surface area contributed by atoms with Crippen molar-refractivity contribution >= 4 is 56.4 Å². The van der Waals surface area contributed by atoms with Crippen LogP contribution in [0.3, 0.4) is 0 Å². The number of hydrogen-bond donors (Lipinski definition) is 1. The molecule has 2 amide bonds. The fourth-order valence-electron chi connectivity index (χ4n) is 4.11. The average molecular weight is 568 g/mol. The van der Waals surface area contributed by atoms with Crippen molar-refractivity contribution in [2.24, 2.45) is 0 Å². The normalized spacial score (nSPS) is 15.2. The molecule has 1 fully saturated rings. The lowest BCUT2D eigenvalue weighted by Gasteiger charge is -2.24. The van der Waals surface area contributed by atoms with Gasteiger partial charge >= 0.3 is 0 Å². The molecule has 7 nitrogen and oxygen atoms in total. The number of halogens is 1. The summed E-state index contributed by atoms with van der Waals surface area (Å²) in [5.41, 5.74) is 2.34. The minimum Gasteiger partial charge on any atom is -0.493 e. The highest BCUT2D eigenvalue weighted by Gasteiger charge is 2.43. The van der Waals surface area contributed by atoms with Gasteiger partial charge in [0.2, 0.25) is 5.91 Å². The Morgan fingerprint density at radius 1 is 1.00 bits per heavy atom. The zero-order valence-electron chi connectivity index (χ0n) is 19.9. The SMILES string of the molecule is COc1ccc(CCN2C(=S)N(c3ccccc3)C(=O)C2CC(=O)Nc2ccc(Br)cc2)cc1OC. The van der Waals surface area contributed by atoms with Crippen LogP contribution in [0.1, 0.15) is 12.0 Å². The fraction of sp³-hybridized carbons (Fsp3) is 0.222. The number of carbonyl (C=O) groups is 2. The first-order valence-electron chi connectivity index (χ1n) is 11.4. The van der Waals surface area contributed by atoms with E-state index >= 15 is 0 Å². The average Bonchev–Trinajstić information content (AvgIpc) is 3.12. The van der Waals surface area contributed by atoms with Gasteiger partial charge in [-0.05, 0) is 72.7 Å². The van der Waals surface area contributed by atoms with Crippen molar-refractivity contribution in [3.8, 4) is 11.5 Å². The quantitative estimate of drug-likeness (QED) is 0.365. The minimum absolute atomic E-state index is 0.0235. The number of carbonyl (C=O) groups excluding carboxylic acids is 2. The molecule has 0 radical (unpaired) electrons. The molecule has 0 aliphatic carbocycles. The molecule has 1 aliphatic rings. The third-order valence-corrected chi connectivity index (χ3v) is 6.87. The zero-order chi connectivity index (χ0) is 25.7. The zero-order valence-corrected chi connectivity index (χ0v) is 22.3. The second-order valence-corrected chi connectivity index (χ2v) is 9.48. The van der Waals surface area contributed by atoms with Gasteiger partial charge in [0, 0.05) is 16.7 Å². The summed E-state index contributed by atoms with van der Waals surface area (Å²) in [6.45, 7) is 0.458. The molecule has 4 rings (SSSR count). The molecule has 1 heterocycles. The van der Waals surface area contributed by atoms with E-state index in [1.54, 1.807) is 26.4 Å². The monoisotopic (exact) mass is 567 g/mol. The molecule has 1 saturated heterocycles. The molecule has 0 aromatic heterocycles. The molecule has 186 valence electrons. The van der Waals surface area contributed by atoms with Gasteiger partial charge in [0.15, 0.2) is 16.6 Å². The predicted octanol–water partition coefficient (Wildman–Crippen LogP) is 5.04. The number of benzene rings is 3. The molecule has 3 aromatic rings. The van der Waals surface area contributed by atoms with E-state index < -0.39 is 6.04 Å². The molecule has 3 aromatic carbocycles. The number of thiocarbonyl (C=S) groups is 1. The highest BCUT2D eigenvalue weighted by atomic mass is 79.9. The van der Waals surface area contributed by atoms with Gasteiger partial charge in [-0.25, -0.2) is 0 Å². The van der Waals surface area contributed by atoms with Crippen LogP contribution in [-0.4, -0.2) is 48.6 Å². The van der Waals surface area contributed by atoms with Crippen LogP contribution in [0.5, 0.6) is 11.5 Å². The standard InChI is InChI=1S/C27H26BrN3O4S/c1-34-23-13-8-18(16-24(23)35-2)14-15-30-22(17-25(32)29-20-11-9-19(28)10-12-20)26(33)31(27(30)36)21-6-4-3-5-7-21/h3-13,16,22H,14-15,17H2,1-2H3,(H,29,32). The number of ether oxygens (including phenoxy) is 2. The Morgan fingerprint density at radius 3 is 2.36 bits per heavy atom. The molecule has 1 aliphatic heterocycles. The number of amides is 2. The molecule has 0 saturated carbocycles. The summed E-state index contributed by atoms with van der Waals surface area (Å²) >= 11 is 9.14. The highest BCUT2D eigenvalue weighted by molar-refractivity contribution is 9.10. The lowest BCUT2D eigenvalue weighted by Crippen LogP contribution is -2.39. The third-order valence-electron chi connectivity index (χ3n) is 5.93. The first-order chi connectivity index (χ1) is 17.4. The summed E-state index contributed by atoms with van der Waals surface area (Å²) in [4.78, 5) is 29.8. The van der Waals surface area contributed by atoms with Gasteiger partial charge in [-0.1, -0.05) is 40.2 Å². The first kappa shape index (κ1) is 25.7. The Labute approximate surface area is 224 Å². The van der Waals surface area contributed by atoms with Gasteiger partial charge in [-0.3, -0.25) is 14.5 Å². The van der Waals surface area contributed by atoms with Crippen LogP contribution in [0.4, 0.5) is 11.4 Å². The number of methoxy groups -OCH3 is 2. The molecule has 1 N–H and O–H groups in total. The molecule has 36 heavy (non-hydrogen) atoms. The summed E-state index contributed by atoms with van der Waals surface area (Å²) in [5.74, 6) is 0.797. The van der Waals surface area contributed by atoms with Crippen molar-refractivity contribution in [2.45, 2.75) is 18.9 Å². The maximum Gasteiger partial charge on any atom is 0.256 e. The number of rotatable bonds is 9.